The Balaban J connectivity index is 2.25. The highest BCUT2D eigenvalue weighted by molar-refractivity contribution is 6.35. The van der Waals surface area contributed by atoms with Gasteiger partial charge in [0.05, 0.1) is 22.6 Å². The Hall–Kier alpha value is -2.04. The first-order valence-corrected chi connectivity index (χ1v) is 8.60. The van der Waals surface area contributed by atoms with Crippen LogP contribution in [0.1, 0.15) is 28.4 Å². The third-order valence-corrected chi connectivity index (χ3v) is 4.28. The van der Waals surface area contributed by atoms with Gasteiger partial charge in [0.1, 0.15) is 5.75 Å². The number of carbonyl (C=O) groups is 1. The molecule has 0 aliphatic heterocycles. The van der Waals surface area contributed by atoms with Crippen LogP contribution in [-0.4, -0.2) is 30.8 Å². The monoisotopic (exact) mass is 378 g/mol. The molecule has 132 valence electrons. The van der Waals surface area contributed by atoms with Gasteiger partial charge >= 0.3 is 5.97 Å². The number of hydrogen-bond donors (Lipinski definition) is 0. The summed E-state index contributed by atoms with van der Waals surface area (Å²) in [5.74, 6) is -0.189. The van der Waals surface area contributed by atoms with Gasteiger partial charge in [-0.2, -0.15) is 0 Å². The van der Waals surface area contributed by atoms with E-state index in [4.69, 9.17) is 27.9 Å². The third-order valence-electron chi connectivity index (χ3n) is 3.75. The van der Waals surface area contributed by atoms with Crippen LogP contribution in [0.15, 0.2) is 35.3 Å². The summed E-state index contributed by atoms with van der Waals surface area (Å²) in [4.78, 5) is 18.9. The molecule has 0 amide bonds. The van der Waals surface area contributed by atoms with E-state index in [0.29, 0.717) is 15.6 Å². The van der Waals surface area contributed by atoms with E-state index in [1.54, 1.807) is 24.5 Å². The highest BCUT2D eigenvalue weighted by Crippen LogP contribution is 2.29. The first kappa shape index (κ1) is 19.3. The van der Waals surface area contributed by atoms with Crippen molar-refractivity contribution in [2.24, 2.45) is 4.99 Å². The Labute approximate surface area is 158 Å². The maximum absolute atomic E-state index is 12.5. The van der Waals surface area contributed by atoms with Crippen molar-refractivity contribution >= 4 is 41.2 Å². The minimum Gasteiger partial charge on any atom is -0.421 e. The lowest BCUT2D eigenvalue weighted by Gasteiger charge is -2.12. The maximum Gasteiger partial charge on any atom is 0.343 e. The molecule has 0 aromatic heterocycles. The van der Waals surface area contributed by atoms with Crippen molar-refractivity contribution in [2.75, 3.05) is 13.6 Å². The van der Waals surface area contributed by atoms with Gasteiger partial charge in [-0.1, -0.05) is 23.2 Å². The summed E-state index contributed by atoms with van der Waals surface area (Å²) in [6.45, 7) is 6.67. The predicted molar refractivity (Wildman–Crippen MR) is 104 cm³/mol. The van der Waals surface area contributed by atoms with Crippen molar-refractivity contribution in [3.05, 3.63) is 57.1 Å². The molecule has 2 aromatic carbocycles. The van der Waals surface area contributed by atoms with Crippen LogP contribution in [0, 0.1) is 13.8 Å². The summed E-state index contributed by atoms with van der Waals surface area (Å²) in [6.07, 6.45) is 1.77. The SMILES string of the molecule is CCN(C)/C=N/c1cc(C)c(C(=O)Oc2ccc(Cl)cc2Cl)cc1C. The van der Waals surface area contributed by atoms with Crippen LogP contribution in [0.4, 0.5) is 5.69 Å². The predicted octanol–water partition coefficient (Wildman–Crippen LogP) is 5.44. The van der Waals surface area contributed by atoms with E-state index in [-0.39, 0.29) is 5.75 Å². The highest BCUT2D eigenvalue weighted by atomic mass is 35.5. The lowest BCUT2D eigenvalue weighted by atomic mass is 10.0. The van der Waals surface area contributed by atoms with Crippen molar-refractivity contribution in [3.63, 3.8) is 0 Å². The fourth-order valence-corrected chi connectivity index (χ4v) is 2.56. The summed E-state index contributed by atoms with van der Waals surface area (Å²) in [5, 5.41) is 0.773. The number of nitrogens with zero attached hydrogens (tertiary/aromatic N) is 2. The van der Waals surface area contributed by atoms with E-state index in [9.17, 15) is 4.79 Å². The summed E-state index contributed by atoms with van der Waals surface area (Å²) >= 11 is 11.9. The molecule has 0 aliphatic carbocycles. The van der Waals surface area contributed by atoms with Crippen LogP contribution < -0.4 is 4.74 Å². The third kappa shape index (κ3) is 4.97. The Bertz CT molecular complexity index is 819. The summed E-state index contributed by atoms with van der Waals surface area (Å²) in [6, 6.07) is 8.38. The van der Waals surface area contributed by atoms with Crippen LogP contribution in [0.2, 0.25) is 10.0 Å². The normalized spacial score (nSPS) is 11.0. The van der Waals surface area contributed by atoms with Crippen molar-refractivity contribution in [1.82, 2.24) is 4.90 Å². The van der Waals surface area contributed by atoms with E-state index >= 15 is 0 Å². The fourth-order valence-electron chi connectivity index (χ4n) is 2.12. The minimum atomic E-state index is -0.467. The molecule has 0 N–H and O–H groups in total. The molecule has 0 bridgehead atoms. The van der Waals surface area contributed by atoms with Crippen molar-refractivity contribution in [2.45, 2.75) is 20.8 Å². The van der Waals surface area contributed by atoms with Crippen LogP contribution >= 0.6 is 23.2 Å². The van der Waals surface area contributed by atoms with Crippen molar-refractivity contribution in [3.8, 4) is 5.75 Å². The quantitative estimate of drug-likeness (QED) is 0.301. The van der Waals surface area contributed by atoms with Gasteiger partial charge in [0, 0.05) is 18.6 Å². The number of carbonyl (C=O) groups excluding carboxylic acids is 1. The topological polar surface area (TPSA) is 41.9 Å². The van der Waals surface area contributed by atoms with Crippen LogP contribution in [0.5, 0.6) is 5.75 Å². The molecule has 4 nitrogen and oxygen atoms in total. The molecule has 0 saturated heterocycles. The minimum absolute atomic E-state index is 0.278. The fraction of sp³-hybridized carbons (Fsp3) is 0.263. The van der Waals surface area contributed by atoms with Crippen LogP contribution in [0.25, 0.3) is 0 Å². The van der Waals surface area contributed by atoms with E-state index in [0.717, 1.165) is 23.4 Å². The zero-order valence-electron chi connectivity index (χ0n) is 14.6. The summed E-state index contributed by atoms with van der Waals surface area (Å²) < 4.78 is 5.40. The second-order valence-corrected chi connectivity index (χ2v) is 6.58. The number of aryl methyl sites for hydroxylation is 2. The Morgan fingerprint density at radius 1 is 1.20 bits per heavy atom. The molecule has 0 spiro atoms. The maximum atomic E-state index is 12.5. The number of ether oxygens (including phenoxy) is 1. The van der Waals surface area contributed by atoms with Crippen molar-refractivity contribution in [1.29, 1.82) is 0 Å². The zero-order valence-corrected chi connectivity index (χ0v) is 16.1. The standard InChI is InChI=1S/C19H20Cl2N2O2/c1-5-23(4)11-22-17-9-12(2)15(8-13(17)3)19(24)25-18-7-6-14(20)10-16(18)21/h6-11H,5H2,1-4H3/b22-11+. The second kappa shape index (κ2) is 8.37. The molecule has 0 unspecified atom stereocenters. The average molecular weight is 379 g/mol. The largest absolute Gasteiger partial charge is 0.421 e. The van der Waals surface area contributed by atoms with Gasteiger partial charge in [-0.3, -0.25) is 0 Å². The first-order chi connectivity index (χ1) is 11.8. The molecular formula is C19H20Cl2N2O2. The molecule has 2 rings (SSSR count). The number of esters is 1. The van der Waals surface area contributed by atoms with Gasteiger partial charge in [0.25, 0.3) is 0 Å². The zero-order chi connectivity index (χ0) is 18.6. The lowest BCUT2D eigenvalue weighted by molar-refractivity contribution is 0.0734. The molecule has 0 saturated carbocycles. The van der Waals surface area contributed by atoms with Gasteiger partial charge in [-0.05, 0) is 62.2 Å². The molecule has 0 atom stereocenters. The smallest absolute Gasteiger partial charge is 0.343 e. The van der Waals surface area contributed by atoms with Gasteiger partial charge in [0.2, 0.25) is 0 Å². The number of benzene rings is 2. The number of halogens is 2. The van der Waals surface area contributed by atoms with Crippen LogP contribution in [0.3, 0.4) is 0 Å². The average Bonchev–Trinajstić information content (AvgIpc) is 2.57. The van der Waals surface area contributed by atoms with E-state index in [2.05, 4.69) is 4.99 Å². The van der Waals surface area contributed by atoms with Gasteiger partial charge in [-0.25, -0.2) is 9.79 Å². The number of hydrogen-bond acceptors (Lipinski definition) is 3. The second-order valence-electron chi connectivity index (χ2n) is 5.74. The molecule has 6 heteroatoms. The van der Waals surface area contributed by atoms with Gasteiger partial charge in [0.15, 0.2) is 0 Å². The Kier molecular flexibility index (Phi) is 6.45. The van der Waals surface area contributed by atoms with E-state index < -0.39 is 5.97 Å². The molecule has 0 radical (unpaired) electrons. The molecular weight excluding hydrogens is 359 g/mol. The highest BCUT2D eigenvalue weighted by Gasteiger charge is 2.15. The molecule has 0 heterocycles. The first-order valence-electron chi connectivity index (χ1n) is 7.84. The molecule has 25 heavy (non-hydrogen) atoms. The van der Waals surface area contributed by atoms with E-state index in [1.807, 2.05) is 38.8 Å². The van der Waals surface area contributed by atoms with E-state index in [1.165, 1.54) is 6.07 Å². The van der Waals surface area contributed by atoms with Crippen molar-refractivity contribution < 1.29 is 9.53 Å². The van der Waals surface area contributed by atoms with Crippen LogP contribution in [-0.2, 0) is 0 Å². The Morgan fingerprint density at radius 3 is 2.56 bits per heavy atom. The van der Waals surface area contributed by atoms with Gasteiger partial charge in [-0.15, -0.1) is 0 Å². The Morgan fingerprint density at radius 2 is 1.92 bits per heavy atom. The molecule has 0 aliphatic rings. The number of rotatable bonds is 5. The molecule has 0 fully saturated rings. The molecule has 2 aromatic rings. The summed E-state index contributed by atoms with van der Waals surface area (Å²) in [5.41, 5.74) is 2.97. The number of aliphatic imine (C=N–C) groups is 1. The van der Waals surface area contributed by atoms with Gasteiger partial charge < -0.3 is 9.64 Å². The summed E-state index contributed by atoms with van der Waals surface area (Å²) in [7, 11) is 1.95. The lowest BCUT2D eigenvalue weighted by Crippen LogP contribution is -2.14.